The molecule has 0 heterocycles. The van der Waals surface area contributed by atoms with Gasteiger partial charge in [0.15, 0.2) is 0 Å². The molecule has 0 spiro atoms. The van der Waals surface area contributed by atoms with E-state index in [1.807, 2.05) is 49.9 Å². The van der Waals surface area contributed by atoms with Crippen LogP contribution in [0.5, 0.6) is 0 Å². The van der Waals surface area contributed by atoms with E-state index in [1.54, 1.807) is 0 Å². The topological polar surface area (TPSA) is 154 Å². The van der Waals surface area contributed by atoms with Gasteiger partial charge in [-0.25, -0.2) is 9.59 Å². The summed E-state index contributed by atoms with van der Waals surface area (Å²) in [6, 6.07) is 8.39. The highest BCUT2D eigenvalue weighted by Crippen LogP contribution is 2.44. The molecule has 0 amide bonds. The minimum atomic E-state index is -0.624. The van der Waals surface area contributed by atoms with Crippen LogP contribution in [0.1, 0.15) is 53.4 Å². The van der Waals surface area contributed by atoms with Gasteiger partial charge in [-0.15, -0.1) is 0 Å². The zero-order valence-corrected chi connectivity index (χ0v) is 25.3. The summed E-state index contributed by atoms with van der Waals surface area (Å²) in [5.74, 6) is -1.23. The van der Waals surface area contributed by atoms with Crippen molar-refractivity contribution in [1.29, 1.82) is 21.0 Å². The maximum absolute atomic E-state index is 12.5. The second kappa shape index (κ2) is 14.2. The molecular weight excluding hydrogens is 532 g/mol. The molecule has 0 N–H and O–H groups in total. The molecule has 0 saturated heterocycles. The zero-order valence-electron chi connectivity index (χ0n) is 25.3. The van der Waals surface area contributed by atoms with Crippen molar-refractivity contribution in [1.82, 2.24) is 9.80 Å². The predicted octanol–water partition coefficient (Wildman–Crippen LogP) is 4.59. The van der Waals surface area contributed by atoms with Gasteiger partial charge in [0.1, 0.15) is 43.1 Å². The number of nitriles is 4. The molecule has 10 nitrogen and oxygen atoms in total. The molecule has 0 aromatic carbocycles. The lowest BCUT2D eigenvalue weighted by molar-refractivity contribution is -0.146. The Labute approximate surface area is 248 Å². The van der Waals surface area contributed by atoms with Crippen LogP contribution >= 0.6 is 0 Å². The summed E-state index contributed by atoms with van der Waals surface area (Å²) in [7, 11) is 3.78. The van der Waals surface area contributed by atoms with Crippen molar-refractivity contribution >= 4 is 11.9 Å². The molecule has 42 heavy (non-hydrogen) atoms. The Bertz CT molecular complexity index is 1400. The van der Waals surface area contributed by atoms with E-state index in [4.69, 9.17) is 9.47 Å². The largest absolute Gasteiger partial charge is 0.459 e. The smallest absolute Gasteiger partial charge is 0.331 e. The van der Waals surface area contributed by atoms with Gasteiger partial charge >= 0.3 is 11.9 Å². The van der Waals surface area contributed by atoms with Crippen LogP contribution in [0.4, 0.5) is 0 Å². The van der Waals surface area contributed by atoms with Gasteiger partial charge in [0, 0.05) is 56.3 Å². The quantitative estimate of drug-likeness (QED) is 0.158. The van der Waals surface area contributed by atoms with Gasteiger partial charge in [0.05, 0.1) is 11.1 Å². The van der Waals surface area contributed by atoms with Crippen LogP contribution in [0.3, 0.4) is 0 Å². The summed E-state index contributed by atoms with van der Waals surface area (Å²) in [4.78, 5) is 27.6. The maximum atomic E-state index is 12.5. The molecule has 0 unspecified atom stereocenters. The average Bonchev–Trinajstić information content (AvgIpc) is 2.92. The molecule has 2 aliphatic carbocycles. The highest BCUT2D eigenvalue weighted by Gasteiger charge is 2.35. The third kappa shape index (κ3) is 8.60. The summed E-state index contributed by atoms with van der Waals surface area (Å²) in [5.41, 5.74) is 2.93. The number of ether oxygens (including phenoxy) is 2. The van der Waals surface area contributed by atoms with Crippen LogP contribution < -0.4 is 0 Å². The molecule has 10 heteroatoms. The van der Waals surface area contributed by atoms with Crippen LogP contribution in [0, 0.1) is 56.2 Å². The first-order valence-electron chi connectivity index (χ1n) is 13.6. The normalized spacial score (nSPS) is 18.1. The van der Waals surface area contributed by atoms with Crippen molar-refractivity contribution in [3.8, 4) is 24.3 Å². The first-order chi connectivity index (χ1) is 19.7. The number of allylic oxidation sites excluding steroid dienone is 7. The fraction of sp³-hybridized carbons (Fsp3) is 0.500. The fourth-order valence-corrected chi connectivity index (χ4v) is 5.25. The second-order valence-electron chi connectivity index (χ2n) is 12.0. The van der Waals surface area contributed by atoms with Crippen molar-refractivity contribution in [3.63, 3.8) is 0 Å². The number of hydrogen-bond donors (Lipinski definition) is 0. The molecule has 0 saturated carbocycles. The van der Waals surface area contributed by atoms with E-state index in [0.29, 0.717) is 61.1 Å². The van der Waals surface area contributed by atoms with E-state index in [-0.39, 0.29) is 29.6 Å². The number of likely N-dealkylation sites (N-methyl/N-ethyl adjacent to an activating group) is 2. The van der Waals surface area contributed by atoms with Gasteiger partial charge < -0.3 is 19.3 Å². The van der Waals surface area contributed by atoms with Crippen molar-refractivity contribution in [2.24, 2.45) is 10.8 Å². The maximum Gasteiger partial charge on any atom is 0.331 e. The lowest BCUT2D eigenvalue weighted by Gasteiger charge is -2.39. The Morgan fingerprint density at radius 3 is 1.76 bits per heavy atom. The van der Waals surface area contributed by atoms with Crippen molar-refractivity contribution in [2.75, 3.05) is 40.4 Å². The molecule has 0 aliphatic heterocycles. The molecule has 0 aromatic rings. The Morgan fingerprint density at radius 2 is 1.29 bits per heavy atom. The summed E-state index contributed by atoms with van der Waals surface area (Å²) in [6.45, 7) is 12.4. The summed E-state index contributed by atoms with van der Waals surface area (Å²) in [5, 5.41) is 39.1. The average molecular weight is 571 g/mol. The fourth-order valence-electron chi connectivity index (χ4n) is 5.25. The summed E-state index contributed by atoms with van der Waals surface area (Å²) in [6.07, 6.45) is 4.57. The monoisotopic (exact) mass is 570 g/mol. The van der Waals surface area contributed by atoms with E-state index < -0.39 is 11.9 Å². The Kier molecular flexibility index (Phi) is 11.3. The number of carbonyl (C=O) groups is 2. The molecule has 2 aliphatic rings. The summed E-state index contributed by atoms with van der Waals surface area (Å²) < 4.78 is 9.99. The van der Waals surface area contributed by atoms with Crippen LogP contribution in [-0.4, -0.2) is 62.1 Å². The first kappa shape index (κ1) is 33.4. The number of hydrogen-bond acceptors (Lipinski definition) is 10. The minimum Gasteiger partial charge on any atom is -0.459 e. The summed E-state index contributed by atoms with van der Waals surface area (Å²) >= 11 is 0. The van der Waals surface area contributed by atoms with Crippen LogP contribution in [0.2, 0.25) is 0 Å². The Morgan fingerprint density at radius 1 is 0.810 bits per heavy atom. The van der Waals surface area contributed by atoms with E-state index >= 15 is 0 Å². The third-order valence-electron chi connectivity index (χ3n) is 7.29. The Balaban J connectivity index is 2.30. The van der Waals surface area contributed by atoms with Crippen molar-refractivity contribution in [3.05, 3.63) is 58.0 Å². The van der Waals surface area contributed by atoms with Gasteiger partial charge in [-0.2, -0.15) is 21.0 Å². The lowest BCUT2D eigenvalue weighted by Crippen LogP contribution is -2.36. The molecule has 0 aromatic heterocycles. The molecule has 0 radical (unpaired) electrons. The third-order valence-corrected chi connectivity index (χ3v) is 7.29. The number of esters is 2. The van der Waals surface area contributed by atoms with Crippen molar-refractivity contribution in [2.45, 2.75) is 53.4 Å². The zero-order chi connectivity index (χ0) is 31.7. The molecule has 0 atom stereocenters. The van der Waals surface area contributed by atoms with E-state index in [9.17, 15) is 30.6 Å². The lowest BCUT2D eigenvalue weighted by atomic mass is 9.72. The van der Waals surface area contributed by atoms with Gasteiger partial charge in [-0.05, 0) is 42.1 Å². The van der Waals surface area contributed by atoms with E-state index in [2.05, 4.69) is 32.6 Å². The molecule has 2 rings (SSSR count). The SMILES string of the molecule is C=CC(=O)OCCOC(=O)/C=C1\CC(C)(C)CC(N(C)CCN(C)C2=C(C#N)C(=C(C#N)C#N)CC(C)(C)C2)=C1C#N. The molecule has 220 valence electrons. The second-order valence-corrected chi connectivity index (χ2v) is 12.0. The minimum absolute atomic E-state index is 0.0359. The van der Waals surface area contributed by atoms with Gasteiger partial charge in [0.25, 0.3) is 0 Å². The molecular formula is C32H38N6O4. The van der Waals surface area contributed by atoms with Crippen molar-refractivity contribution < 1.29 is 19.1 Å². The van der Waals surface area contributed by atoms with Gasteiger partial charge in [-0.1, -0.05) is 34.3 Å². The first-order valence-corrected chi connectivity index (χ1v) is 13.6. The highest BCUT2D eigenvalue weighted by atomic mass is 16.6. The number of carbonyl (C=O) groups excluding carboxylic acids is 2. The number of nitrogens with zero attached hydrogens (tertiary/aromatic N) is 6. The van der Waals surface area contributed by atoms with E-state index in [1.165, 1.54) is 6.08 Å². The van der Waals surface area contributed by atoms with Crippen LogP contribution in [-0.2, 0) is 19.1 Å². The van der Waals surface area contributed by atoms with Crippen LogP contribution in [0.25, 0.3) is 0 Å². The van der Waals surface area contributed by atoms with Gasteiger partial charge in [0.2, 0.25) is 0 Å². The highest BCUT2D eigenvalue weighted by molar-refractivity contribution is 5.84. The van der Waals surface area contributed by atoms with E-state index in [0.717, 1.165) is 17.5 Å². The molecule has 0 fully saturated rings. The molecule has 0 bridgehead atoms. The van der Waals surface area contributed by atoms with Crippen LogP contribution in [0.15, 0.2) is 58.0 Å². The Hall–Kier alpha value is -4.80. The standard InChI is InChI=1S/C32H38N6O4/c1-8-29(39)41-11-12-42-30(40)13-22-14-31(2,3)16-27(25(22)20-35)37(6)9-10-38(7)28-17-32(4,5)15-24(26(28)21-36)23(18-33)19-34/h8,13H,1,9-12,14-17H2,2-7H3/b22-13+. The van der Waals surface area contributed by atoms with Gasteiger partial charge in [-0.3, -0.25) is 0 Å². The number of rotatable bonds is 10. The predicted molar refractivity (Wildman–Crippen MR) is 155 cm³/mol.